The zero-order valence-electron chi connectivity index (χ0n) is 6.90. The third-order valence-corrected chi connectivity index (χ3v) is 2.15. The summed E-state index contributed by atoms with van der Waals surface area (Å²) in [5.41, 5.74) is -1.29. The molecule has 0 aliphatic carbocycles. The number of halogens is 3. The number of rotatable bonds is 1. The molecule has 1 unspecified atom stereocenters. The van der Waals surface area contributed by atoms with E-state index >= 15 is 0 Å². The van der Waals surface area contributed by atoms with Crippen LogP contribution < -0.4 is 0 Å². The van der Waals surface area contributed by atoms with Gasteiger partial charge in [-0.15, -0.1) is 0 Å². The van der Waals surface area contributed by atoms with Crippen LogP contribution >= 0.6 is 0 Å². The van der Waals surface area contributed by atoms with Gasteiger partial charge in [-0.05, 0) is 19.1 Å². The smallest absolute Gasteiger partial charge is 0.167 e. The van der Waals surface area contributed by atoms with Crippen molar-refractivity contribution in [1.29, 1.82) is 0 Å². The standard InChI is InChI=1S/C9H7F3O/c1-9(4-13-9)7-5(10)2-3-6(11)8(7)12/h2-3H,4H2,1H3. The summed E-state index contributed by atoms with van der Waals surface area (Å²) < 4.78 is 43.8. The molecule has 1 aromatic rings. The van der Waals surface area contributed by atoms with E-state index in [1.54, 1.807) is 0 Å². The molecule has 0 aromatic heterocycles. The van der Waals surface area contributed by atoms with Crippen molar-refractivity contribution in [3.63, 3.8) is 0 Å². The highest BCUT2D eigenvalue weighted by atomic mass is 19.2. The summed E-state index contributed by atoms with van der Waals surface area (Å²) in [5.74, 6) is -2.97. The molecule has 1 atom stereocenters. The van der Waals surface area contributed by atoms with Crippen molar-refractivity contribution < 1.29 is 17.9 Å². The van der Waals surface area contributed by atoms with Crippen molar-refractivity contribution in [3.8, 4) is 0 Å². The van der Waals surface area contributed by atoms with Gasteiger partial charge < -0.3 is 4.74 Å². The van der Waals surface area contributed by atoms with E-state index in [2.05, 4.69) is 0 Å². The lowest BCUT2D eigenvalue weighted by Gasteiger charge is -2.08. The van der Waals surface area contributed by atoms with Crippen molar-refractivity contribution in [2.45, 2.75) is 12.5 Å². The molecule has 1 aromatic carbocycles. The van der Waals surface area contributed by atoms with E-state index in [1.807, 2.05) is 0 Å². The Morgan fingerprint density at radius 3 is 2.31 bits per heavy atom. The zero-order chi connectivity index (χ0) is 9.64. The van der Waals surface area contributed by atoms with Crippen LogP contribution in [0.1, 0.15) is 12.5 Å². The van der Waals surface area contributed by atoms with Crippen LogP contribution in [0.5, 0.6) is 0 Å². The third-order valence-electron chi connectivity index (χ3n) is 2.15. The Bertz CT molecular complexity index is 358. The van der Waals surface area contributed by atoms with E-state index in [4.69, 9.17) is 4.74 Å². The molecule has 1 saturated heterocycles. The molecule has 13 heavy (non-hydrogen) atoms. The van der Waals surface area contributed by atoms with Crippen molar-refractivity contribution in [2.75, 3.05) is 6.61 Å². The van der Waals surface area contributed by atoms with Crippen LogP contribution in [0.4, 0.5) is 13.2 Å². The minimum Gasteiger partial charge on any atom is -0.365 e. The fraction of sp³-hybridized carbons (Fsp3) is 0.333. The maximum absolute atomic E-state index is 13.1. The summed E-state index contributed by atoms with van der Waals surface area (Å²) in [4.78, 5) is 0. The summed E-state index contributed by atoms with van der Waals surface area (Å²) >= 11 is 0. The monoisotopic (exact) mass is 188 g/mol. The molecular formula is C9H7F3O. The van der Waals surface area contributed by atoms with Gasteiger partial charge in [-0.2, -0.15) is 0 Å². The van der Waals surface area contributed by atoms with E-state index < -0.39 is 23.1 Å². The van der Waals surface area contributed by atoms with E-state index in [-0.39, 0.29) is 12.2 Å². The summed E-state index contributed by atoms with van der Waals surface area (Å²) in [7, 11) is 0. The van der Waals surface area contributed by atoms with E-state index in [0.717, 1.165) is 12.1 Å². The first-order valence-corrected chi connectivity index (χ1v) is 3.82. The first-order valence-electron chi connectivity index (χ1n) is 3.82. The third kappa shape index (κ3) is 1.21. The minimum absolute atomic E-state index is 0.226. The Morgan fingerprint density at radius 2 is 1.77 bits per heavy atom. The lowest BCUT2D eigenvalue weighted by molar-refractivity contribution is 0.308. The van der Waals surface area contributed by atoms with Crippen molar-refractivity contribution in [2.24, 2.45) is 0 Å². The quantitative estimate of drug-likeness (QED) is 0.486. The first-order chi connectivity index (χ1) is 6.04. The van der Waals surface area contributed by atoms with E-state index in [0.29, 0.717) is 0 Å². The molecule has 4 heteroatoms. The SMILES string of the molecule is CC1(c2c(F)ccc(F)c2F)CO1. The van der Waals surface area contributed by atoms with Crippen LogP contribution in [0.2, 0.25) is 0 Å². The lowest BCUT2D eigenvalue weighted by Crippen LogP contribution is -2.10. The van der Waals surface area contributed by atoms with Gasteiger partial charge >= 0.3 is 0 Å². The Kier molecular flexibility index (Phi) is 1.63. The molecule has 0 saturated carbocycles. The van der Waals surface area contributed by atoms with Gasteiger partial charge in [0.25, 0.3) is 0 Å². The van der Waals surface area contributed by atoms with Gasteiger partial charge in [-0.25, -0.2) is 13.2 Å². The summed E-state index contributed by atoms with van der Waals surface area (Å²) in [6.45, 7) is 1.75. The molecule has 2 rings (SSSR count). The van der Waals surface area contributed by atoms with Crippen LogP contribution in [0.3, 0.4) is 0 Å². The van der Waals surface area contributed by atoms with Crippen LogP contribution in [0, 0.1) is 17.5 Å². The second-order valence-corrected chi connectivity index (χ2v) is 3.24. The topological polar surface area (TPSA) is 12.5 Å². The molecule has 0 spiro atoms. The molecule has 1 aliphatic heterocycles. The number of benzene rings is 1. The molecule has 0 bridgehead atoms. The Balaban J connectivity index is 2.61. The molecule has 0 amide bonds. The van der Waals surface area contributed by atoms with E-state index in [9.17, 15) is 13.2 Å². The largest absolute Gasteiger partial charge is 0.365 e. The van der Waals surface area contributed by atoms with Gasteiger partial charge in [-0.1, -0.05) is 0 Å². The predicted octanol–water partition coefficient (Wildman–Crippen LogP) is 2.35. The first kappa shape index (κ1) is 8.56. The molecule has 1 fully saturated rings. The fourth-order valence-corrected chi connectivity index (χ4v) is 1.26. The van der Waals surface area contributed by atoms with Crippen molar-refractivity contribution in [3.05, 3.63) is 35.1 Å². The Morgan fingerprint density at radius 1 is 1.23 bits per heavy atom. The number of hydrogen-bond acceptors (Lipinski definition) is 1. The summed E-state index contributed by atoms with van der Waals surface area (Å²) in [6, 6.07) is 1.67. The molecule has 0 N–H and O–H groups in total. The van der Waals surface area contributed by atoms with E-state index in [1.165, 1.54) is 6.92 Å². The van der Waals surface area contributed by atoms with Crippen LogP contribution in [0.15, 0.2) is 12.1 Å². The van der Waals surface area contributed by atoms with Gasteiger partial charge in [0.2, 0.25) is 0 Å². The molecule has 1 heterocycles. The van der Waals surface area contributed by atoms with Crippen LogP contribution in [-0.4, -0.2) is 6.61 Å². The van der Waals surface area contributed by atoms with Gasteiger partial charge in [0.1, 0.15) is 11.4 Å². The maximum atomic E-state index is 13.1. The molecule has 1 aliphatic rings. The molecule has 0 radical (unpaired) electrons. The maximum Gasteiger partial charge on any atom is 0.167 e. The lowest BCUT2D eigenvalue weighted by atomic mass is 10.0. The van der Waals surface area contributed by atoms with Crippen molar-refractivity contribution in [1.82, 2.24) is 0 Å². The average molecular weight is 188 g/mol. The van der Waals surface area contributed by atoms with Gasteiger partial charge in [0.05, 0.1) is 12.2 Å². The summed E-state index contributed by atoms with van der Waals surface area (Å²) in [5, 5.41) is 0. The van der Waals surface area contributed by atoms with Crippen LogP contribution in [-0.2, 0) is 10.3 Å². The minimum atomic E-state index is -1.15. The second kappa shape index (κ2) is 2.48. The second-order valence-electron chi connectivity index (χ2n) is 3.24. The Hall–Kier alpha value is -1.03. The molecule has 70 valence electrons. The van der Waals surface area contributed by atoms with Gasteiger partial charge in [-0.3, -0.25) is 0 Å². The molecule has 1 nitrogen and oxygen atoms in total. The fourth-order valence-electron chi connectivity index (χ4n) is 1.26. The number of ether oxygens (including phenoxy) is 1. The number of epoxide rings is 1. The normalized spacial score (nSPS) is 26.2. The van der Waals surface area contributed by atoms with Crippen LogP contribution in [0.25, 0.3) is 0 Å². The zero-order valence-corrected chi connectivity index (χ0v) is 6.90. The predicted molar refractivity (Wildman–Crippen MR) is 39.6 cm³/mol. The van der Waals surface area contributed by atoms with Crippen molar-refractivity contribution >= 4 is 0 Å². The summed E-state index contributed by atoms with van der Waals surface area (Å²) in [6.07, 6.45) is 0. The average Bonchev–Trinajstić information content (AvgIpc) is 2.78. The highest BCUT2D eigenvalue weighted by Crippen LogP contribution is 2.41. The van der Waals surface area contributed by atoms with Gasteiger partial charge in [0.15, 0.2) is 11.6 Å². The number of hydrogen-bond donors (Lipinski definition) is 0. The molecular weight excluding hydrogens is 181 g/mol. The Labute approximate surface area is 73.1 Å². The highest BCUT2D eigenvalue weighted by molar-refractivity contribution is 5.29. The van der Waals surface area contributed by atoms with Gasteiger partial charge in [0, 0.05) is 0 Å². The highest BCUT2D eigenvalue weighted by Gasteiger charge is 2.46.